The fraction of sp³-hybridized carbons (Fsp3) is 0.364. The van der Waals surface area contributed by atoms with Crippen molar-refractivity contribution in [2.75, 3.05) is 0 Å². The molecule has 2 unspecified atom stereocenters. The molecule has 0 amide bonds. The van der Waals surface area contributed by atoms with Gasteiger partial charge in [-0.05, 0) is 17.5 Å². The van der Waals surface area contributed by atoms with E-state index in [1.54, 1.807) is 30.3 Å². The molecule has 1 aromatic rings. The van der Waals surface area contributed by atoms with Crippen LogP contribution in [0.3, 0.4) is 0 Å². The van der Waals surface area contributed by atoms with Gasteiger partial charge in [0.05, 0.1) is 0 Å². The lowest BCUT2D eigenvalue weighted by Crippen LogP contribution is -2.15. The lowest BCUT2D eigenvalue weighted by molar-refractivity contribution is -0.145. The Morgan fingerprint density at radius 2 is 2.06 bits per heavy atom. The van der Waals surface area contributed by atoms with E-state index >= 15 is 0 Å². The van der Waals surface area contributed by atoms with Crippen LogP contribution in [-0.2, 0) is 20.6 Å². The zero-order valence-electron chi connectivity index (χ0n) is 8.92. The third-order valence-electron chi connectivity index (χ3n) is 1.94. The van der Waals surface area contributed by atoms with E-state index < -0.39 is 22.5 Å². The van der Waals surface area contributed by atoms with E-state index in [1.165, 1.54) is 0 Å². The van der Waals surface area contributed by atoms with E-state index in [9.17, 15) is 13.6 Å². The van der Waals surface area contributed by atoms with Gasteiger partial charge in [0.25, 0.3) is 0 Å². The van der Waals surface area contributed by atoms with Gasteiger partial charge in [-0.1, -0.05) is 37.3 Å². The van der Waals surface area contributed by atoms with Crippen molar-refractivity contribution in [1.82, 2.24) is 0 Å². The minimum Gasteiger partial charge on any atom is -0.769 e. The van der Waals surface area contributed by atoms with Gasteiger partial charge in [-0.3, -0.25) is 9.00 Å². The molecule has 4 nitrogen and oxygen atoms in total. The normalized spacial score (nSPS) is 14.1. The van der Waals surface area contributed by atoms with Gasteiger partial charge in [0.1, 0.15) is 0 Å². The highest BCUT2D eigenvalue weighted by atomic mass is 32.2. The van der Waals surface area contributed by atoms with Crippen LogP contribution in [0.25, 0.3) is 0 Å². The Morgan fingerprint density at radius 1 is 1.44 bits per heavy atom. The van der Waals surface area contributed by atoms with Crippen LogP contribution in [0, 0.1) is 0 Å². The van der Waals surface area contributed by atoms with Crippen LogP contribution in [0.1, 0.15) is 30.8 Å². The number of ether oxygens (including phenoxy) is 1. The molecular formula is C11H13O4S-. The third kappa shape index (κ3) is 3.75. The fourth-order valence-electron chi connectivity index (χ4n) is 1.21. The summed E-state index contributed by atoms with van der Waals surface area (Å²) in [6.45, 7) is 1.83. The second kappa shape index (κ2) is 6.40. The summed E-state index contributed by atoms with van der Waals surface area (Å²) < 4.78 is 26.8. The molecule has 0 heterocycles. The lowest BCUT2D eigenvalue weighted by Gasteiger charge is -2.20. The first-order valence-electron chi connectivity index (χ1n) is 4.97. The Morgan fingerprint density at radius 3 is 2.56 bits per heavy atom. The molecule has 0 aliphatic heterocycles. The van der Waals surface area contributed by atoms with Crippen LogP contribution in [0.4, 0.5) is 0 Å². The highest BCUT2D eigenvalue weighted by Gasteiger charge is 2.16. The summed E-state index contributed by atoms with van der Waals surface area (Å²) in [5.74, 6) is -0.499. The molecule has 0 fully saturated rings. The number of benzene rings is 1. The molecule has 0 spiro atoms. The first-order valence-corrected chi connectivity index (χ1v) is 6.11. The van der Waals surface area contributed by atoms with Crippen LogP contribution in [-0.4, -0.2) is 14.7 Å². The van der Waals surface area contributed by atoms with Crippen molar-refractivity contribution in [3.05, 3.63) is 35.9 Å². The third-order valence-corrected chi connectivity index (χ3v) is 2.66. The Hall–Kier alpha value is -1.20. The lowest BCUT2D eigenvalue weighted by atomic mass is 10.2. The second-order valence-electron chi connectivity index (χ2n) is 3.24. The molecule has 0 saturated carbocycles. The summed E-state index contributed by atoms with van der Waals surface area (Å²) in [5.41, 5.74) is -0.750. The zero-order chi connectivity index (χ0) is 12.0. The average Bonchev–Trinajstić information content (AvgIpc) is 2.27. The summed E-state index contributed by atoms with van der Waals surface area (Å²) >= 11 is -2.47. The van der Waals surface area contributed by atoms with E-state index in [-0.39, 0.29) is 6.42 Å². The van der Waals surface area contributed by atoms with Crippen molar-refractivity contribution in [2.45, 2.75) is 25.2 Å². The maximum absolute atomic E-state index is 11.2. The van der Waals surface area contributed by atoms with Gasteiger partial charge in [0.2, 0.25) is 0 Å². The average molecular weight is 241 g/mol. The minimum absolute atomic E-state index is 0.223. The summed E-state index contributed by atoms with van der Waals surface area (Å²) in [6.07, 6.45) is 0.854. The van der Waals surface area contributed by atoms with Crippen molar-refractivity contribution in [3.8, 4) is 0 Å². The highest BCUT2D eigenvalue weighted by Crippen LogP contribution is 2.20. The van der Waals surface area contributed by atoms with Crippen molar-refractivity contribution in [1.29, 1.82) is 0 Å². The molecule has 0 bridgehead atoms. The molecular weight excluding hydrogens is 228 g/mol. The first-order chi connectivity index (χ1) is 7.65. The van der Waals surface area contributed by atoms with Crippen LogP contribution < -0.4 is 0 Å². The van der Waals surface area contributed by atoms with Gasteiger partial charge in [-0.25, -0.2) is 0 Å². The number of rotatable bonds is 5. The Kier molecular flexibility index (Phi) is 5.14. The van der Waals surface area contributed by atoms with E-state index in [1.807, 2.05) is 6.92 Å². The molecule has 0 radical (unpaired) electrons. The van der Waals surface area contributed by atoms with Gasteiger partial charge in [0, 0.05) is 12.0 Å². The molecule has 0 aliphatic carbocycles. The first kappa shape index (κ1) is 12.9. The Balaban J connectivity index is 2.77. The second-order valence-corrected chi connectivity index (χ2v) is 4.19. The van der Waals surface area contributed by atoms with E-state index in [2.05, 4.69) is 0 Å². The molecule has 88 valence electrons. The molecule has 0 saturated heterocycles. The van der Waals surface area contributed by atoms with Crippen LogP contribution in [0.2, 0.25) is 0 Å². The van der Waals surface area contributed by atoms with Gasteiger partial charge >= 0.3 is 5.97 Å². The number of hydrogen-bond donors (Lipinski definition) is 0. The Bertz CT molecular complexity index is 364. The molecule has 1 rings (SSSR count). The fourth-order valence-corrected chi connectivity index (χ4v) is 1.78. The zero-order valence-corrected chi connectivity index (χ0v) is 9.74. The van der Waals surface area contributed by atoms with E-state index in [4.69, 9.17) is 4.74 Å². The molecule has 0 N–H and O–H groups in total. The number of carbonyl (C=O) groups excluding carboxylic acids is 1. The van der Waals surface area contributed by atoms with Crippen LogP contribution in [0.15, 0.2) is 30.3 Å². The quantitative estimate of drug-likeness (QED) is 0.583. The summed E-state index contributed by atoms with van der Waals surface area (Å²) in [6, 6.07) is 8.38. The standard InChI is InChI=1S/C11H14O4S/c1-2-6-10(12)15-11(16(13)14)9-7-4-3-5-8-9/h3-5,7-8,11H,2,6H2,1H3,(H,13,14)/p-1. The van der Waals surface area contributed by atoms with Gasteiger partial charge in [-0.2, -0.15) is 0 Å². The van der Waals surface area contributed by atoms with Crippen molar-refractivity contribution < 1.29 is 18.3 Å². The highest BCUT2D eigenvalue weighted by molar-refractivity contribution is 7.79. The molecule has 1 aromatic carbocycles. The maximum atomic E-state index is 11.2. The molecule has 5 heteroatoms. The van der Waals surface area contributed by atoms with Gasteiger partial charge < -0.3 is 9.29 Å². The smallest absolute Gasteiger partial charge is 0.307 e. The van der Waals surface area contributed by atoms with Crippen molar-refractivity contribution >= 4 is 17.0 Å². The minimum atomic E-state index is -2.47. The van der Waals surface area contributed by atoms with E-state index in [0.29, 0.717) is 12.0 Å². The van der Waals surface area contributed by atoms with Gasteiger partial charge in [-0.15, -0.1) is 0 Å². The molecule has 16 heavy (non-hydrogen) atoms. The topological polar surface area (TPSA) is 66.4 Å². The van der Waals surface area contributed by atoms with Crippen molar-refractivity contribution in [3.63, 3.8) is 0 Å². The monoisotopic (exact) mass is 241 g/mol. The van der Waals surface area contributed by atoms with Crippen molar-refractivity contribution in [2.24, 2.45) is 0 Å². The maximum Gasteiger partial charge on any atom is 0.307 e. The summed E-state index contributed by atoms with van der Waals surface area (Å²) in [7, 11) is 0. The number of esters is 1. The largest absolute Gasteiger partial charge is 0.769 e. The van der Waals surface area contributed by atoms with Crippen LogP contribution in [0.5, 0.6) is 0 Å². The van der Waals surface area contributed by atoms with Crippen LogP contribution >= 0.6 is 0 Å². The number of hydrogen-bond acceptors (Lipinski definition) is 4. The number of carbonyl (C=O) groups is 1. The molecule has 0 aromatic heterocycles. The van der Waals surface area contributed by atoms with Gasteiger partial charge in [0.15, 0.2) is 5.44 Å². The predicted octanol–water partition coefficient (Wildman–Crippen LogP) is 1.91. The predicted molar refractivity (Wildman–Crippen MR) is 59.1 cm³/mol. The molecule has 2 atom stereocenters. The van der Waals surface area contributed by atoms with E-state index in [0.717, 1.165) is 0 Å². The summed E-state index contributed by atoms with van der Waals surface area (Å²) in [5, 5.41) is 0. The SMILES string of the molecule is CCCC(=O)OC(c1ccccc1)S(=O)[O-]. The summed E-state index contributed by atoms with van der Waals surface area (Å²) in [4.78, 5) is 11.2. The Labute approximate surface area is 96.9 Å². The molecule has 0 aliphatic rings.